The van der Waals surface area contributed by atoms with E-state index in [-0.39, 0.29) is 16.7 Å². The summed E-state index contributed by atoms with van der Waals surface area (Å²) in [5, 5.41) is 5.64. The van der Waals surface area contributed by atoms with Crippen LogP contribution in [-0.4, -0.2) is 27.3 Å². The molecule has 0 fully saturated rings. The maximum Gasteiger partial charge on any atom is 0.263 e. The van der Waals surface area contributed by atoms with Crippen LogP contribution in [-0.2, 0) is 11.3 Å². The number of fused-ring (bicyclic) bond motifs is 1. The zero-order valence-electron chi connectivity index (χ0n) is 14.2. The van der Waals surface area contributed by atoms with Crippen LogP contribution in [0, 0.1) is 5.92 Å². The normalized spacial score (nSPS) is 12.5. The Hall–Kier alpha value is -1.60. The van der Waals surface area contributed by atoms with E-state index in [1.165, 1.54) is 23.1 Å². The molecule has 1 amide bonds. The molecule has 0 aromatic carbocycles. The molecule has 2 rings (SSSR count). The Morgan fingerprint density at radius 3 is 2.92 bits per heavy atom. The average molecular weight is 366 g/mol. The summed E-state index contributed by atoms with van der Waals surface area (Å²) in [4.78, 5) is 30.1. The summed E-state index contributed by atoms with van der Waals surface area (Å²) in [5.41, 5.74) is -0.0870. The summed E-state index contributed by atoms with van der Waals surface area (Å²) in [6, 6.07) is 1.78. The monoisotopic (exact) mass is 365 g/mol. The predicted octanol–water partition coefficient (Wildman–Crippen LogP) is 3.29. The lowest BCUT2D eigenvalue weighted by molar-refractivity contribution is -0.120. The van der Waals surface area contributed by atoms with E-state index in [0.717, 1.165) is 6.42 Å². The summed E-state index contributed by atoms with van der Waals surface area (Å²) in [7, 11) is 0. The molecule has 2 aromatic rings. The number of nitrogens with one attached hydrogen (secondary N) is 1. The summed E-state index contributed by atoms with van der Waals surface area (Å²) in [5.74, 6) is 0.514. The molecule has 0 saturated carbocycles. The number of allylic oxidation sites excluding steroid dienone is 1. The molecular weight excluding hydrogens is 342 g/mol. The smallest absolute Gasteiger partial charge is 0.263 e. The molecule has 2 aromatic heterocycles. The Bertz CT molecular complexity index is 780. The second kappa shape index (κ2) is 8.48. The third-order valence-corrected chi connectivity index (χ3v) is 5.43. The van der Waals surface area contributed by atoms with Crippen LogP contribution in [0.5, 0.6) is 0 Å². The van der Waals surface area contributed by atoms with Crippen LogP contribution < -0.4 is 10.9 Å². The van der Waals surface area contributed by atoms with Crippen molar-refractivity contribution in [2.45, 2.75) is 44.1 Å². The molecule has 7 heteroatoms. The predicted molar refractivity (Wildman–Crippen MR) is 102 cm³/mol. The van der Waals surface area contributed by atoms with E-state index >= 15 is 0 Å². The third-order valence-electron chi connectivity index (χ3n) is 3.53. The molecule has 1 N–H and O–H groups in total. The second-order valence-corrected chi connectivity index (χ2v) is 8.17. The number of thiophene rings is 1. The van der Waals surface area contributed by atoms with E-state index in [1.807, 2.05) is 12.3 Å². The number of hydrogen-bond acceptors (Lipinski definition) is 5. The molecule has 0 aliphatic rings. The van der Waals surface area contributed by atoms with E-state index in [0.29, 0.717) is 34.4 Å². The molecule has 0 aliphatic heterocycles. The minimum Gasteiger partial charge on any atom is -0.355 e. The van der Waals surface area contributed by atoms with Gasteiger partial charge in [0.15, 0.2) is 5.16 Å². The van der Waals surface area contributed by atoms with Crippen molar-refractivity contribution < 1.29 is 4.79 Å². The van der Waals surface area contributed by atoms with E-state index in [2.05, 4.69) is 30.7 Å². The van der Waals surface area contributed by atoms with Gasteiger partial charge in [-0.3, -0.25) is 14.2 Å². The molecule has 5 nitrogen and oxygen atoms in total. The fourth-order valence-corrected chi connectivity index (χ4v) is 3.90. The van der Waals surface area contributed by atoms with Crippen molar-refractivity contribution >= 4 is 39.2 Å². The van der Waals surface area contributed by atoms with Crippen molar-refractivity contribution in [3.63, 3.8) is 0 Å². The van der Waals surface area contributed by atoms with Crippen LogP contribution in [0.1, 0.15) is 27.2 Å². The molecule has 2 heterocycles. The van der Waals surface area contributed by atoms with Gasteiger partial charge in [-0.15, -0.1) is 17.9 Å². The van der Waals surface area contributed by atoms with Crippen LogP contribution in [0.2, 0.25) is 0 Å². The Balaban J connectivity index is 2.18. The number of thioether (sulfide) groups is 1. The van der Waals surface area contributed by atoms with Gasteiger partial charge >= 0.3 is 0 Å². The topological polar surface area (TPSA) is 64.0 Å². The lowest BCUT2D eigenvalue weighted by Gasteiger charge is -2.15. The first kappa shape index (κ1) is 18.7. The molecule has 0 bridgehead atoms. The number of aromatic nitrogens is 2. The largest absolute Gasteiger partial charge is 0.355 e. The van der Waals surface area contributed by atoms with Crippen molar-refractivity contribution in [2.24, 2.45) is 5.92 Å². The van der Waals surface area contributed by atoms with Gasteiger partial charge in [0.1, 0.15) is 4.83 Å². The fourth-order valence-electron chi connectivity index (χ4n) is 2.15. The number of carbonyl (C=O) groups excluding carboxylic acids is 1. The maximum absolute atomic E-state index is 12.6. The number of nitrogens with zero attached hydrogens (tertiary/aromatic N) is 2. The number of carbonyl (C=O) groups is 1. The molecule has 24 heavy (non-hydrogen) atoms. The zero-order valence-corrected chi connectivity index (χ0v) is 15.9. The highest BCUT2D eigenvalue weighted by Gasteiger charge is 2.19. The van der Waals surface area contributed by atoms with Gasteiger partial charge in [0.25, 0.3) is 5.56 Å². The second-order valence-electron chi connectivity index (χ2n) is 5.97. The third kappa shape index (κ3) is 4.48. The zero-order chi connectivity index (χ0) is 17.7. The number of amides is 1. The van der Waals surface area contributed by atoms with Crippen molar-refractivity contribution in [3.05, 3.63) is 34.5 Å². The SMILES string of the molecule is C=CCn1c(SC(C)C(=O)NCCC(C)C)nc2sccc2c1=O. The molecule has 1 unspecified atom stereocenters. The molecule has 0 aliphatic carbocycles. The number of hydrogen-bond donors (Lipinski definition) is 1. The highest BCUT2D eigenvalue weighted by molar-refractivity contribution is 8.00. The van der Waals surface area contributed by atoms with Crippen LogP contribution >= 0.6 is 23.1 Å². The Kier molecular flexibility index (Phi) is 6.62. The van der Waals surface area contributed by atoms with Gasteiger partial charge in [-0.2, -0.15) is 0 Å². The first-order valence-corrected chi connectivity index (χ1v) is 9.73. The summed E-state index contributed by atoms with van der Waals surface area (Å²) < 4.78 is 1.57. The van der Waals surface area contributed by atoms with Gasteiger partial charge in [-0.1, -0.05) is 31.7 Å². The van der Waals surface area contributed by atoms with Gasteiger partial charge in [0.2, 0.25) is 5.91 Å². The van der Waals surface area contributed by atoms with Crippen molar-refractivity contribution in [2.75, 3.05) is 6.54 Å². The summed E-state index contributed by atoms with van der Waals surface area (Å²) in [6.07, 6.45) is 2.61. The quantitative estimate of drug-likeness (QED) is 0.443. The van der Waals surface area contributed by atoms with Crippen LogP contribution in [0.25, 0.3) is 10.2 Å². The average Bonchev–Trinajstić information content (AvgIpc) is 2.99. The van der Waals surface area contributed by atoms with Crippen LogP contribution in [0.3, 0.4) is 0 Å². The molecule has 0 saturated heterocycles. The van der Waals surface area contributed by atoms with E-state index in [1.54, 1.807) is 16.7 Å². The lowest BCUT2D eigenvalue weighted by Crippen LogP contribution is -2.33. The first-order chi connectivity index (χ1) is 11.4. The van der Waals surface area contributed by atoms with Gasteiger partial charge in [0.05, 0.1) is 10.6 Å². The Morgan fingerprint density at radius 1 is 1.50 bits per heavy atom. The van der Waals surface area contributed by atoms with Crippen molar-refractivity contribution in [1.29, 1.82) is 0 Å². The molecule has 0 radical (unpaired) electrons. The lowest BCUT2D eigenvalue weighted by atomic mass is 10.1. The molecule has 1 atom stereocenters. The first-order valence-electron chi connectivity index (χ1n) is 7.97. The van der Waals surface area contributed by atoms with Crippen LogP contribution in [0.15, 0.2) is 34.1 Å². The van der Waals surface area contributed by atoms with Gasteiger partial charge in [-0.25, -0.2) is 4.98 Å². The van der Waals surface area contributed by atoms with Crippen molar-refractivity contribution in [1.82, 2.24) is 14.9 Å². The van der Waals surface area contributed by atoms with Gasteiger partial charge < -0.3 is 5.32 Å². The summed E-state index contributed by atoms with van der Waals surface area (Å²) in [6.45, 7) is 10.8. The maximum atomic E-state index is 12.6. The highest BCUT2D eigenvalue weighted by atomic mass is 32.2. The molecule has 130 valence electrons. The minimum absolute atomic E-state index is 0.0358. The standard InChI is InChI=1S/C17H23N3O2S2/c1-5-9-20-16(22)13-7-10-23-15(13)19-17(20)24-12(4)14(21)18-8-6-11(2)3/h5,7,10-12H,1,6,8-9H2,2-4H3,(H,18,21). The van der Waals surface area contributed by atoms with Gasteiger partial charge in [-0.05, 0) is 30.7 Å². The van der Waals surface area contributed by atoms with Crippen LogP contribution in [0.4, 0.5) is 0 Å². The minimum atomic E-state index is -0.322. The van der Waals surface area contributed by atoms with E-state index < -0.39 is 0 Å². The van der Waals surface area contributed by atoms with E-state index in [4.69, 9.17) is 0 Å². The van der Waals surface area contributed by atoms with Crippen molar-refractivity contribution in [3.8, 4) is 0 Å². The molecule has 0 spiro atoms. The summed E-state index contributed by atoms with van der Waals surface area (Å²) >= 11 is 2.74. The highest BCUT2D eigenvalue weighted by Crippen LogP contribution is 2.24. The fraction of sp³-hybridized carbons (Fsp3) is 0.471. The van der Waals surface area contributed by atoms with Gasteiger partial charge in [0, 0.05) is 13.1 Å². The van der Waals surface area contributed by atoms with E-state index in [9.17, 15) is 9.59 Å². The Labute approximate surface area is 150 Å². The Morgan fingerprint density at radius 2 is 2.25 bits per heavy atom. The number of rotatable bonds is 8. The molecular formula is C17H23N3O2S2.